The molecule has 1 aromatic heterocycles. The maximum Gasteiger partial charge on any atom is 0.414 e. The summed E-state index contributed by atoms with van der Waals surface area (Å²) in [4.78, 5) is 12.7. The molecule has 1 aliphatic heterocycles. The van der Waals surface area contributed by atoms with Crippen molar-refractivity contribution in [1.29, 1.82) is 0 Å². The van der Waals surface area contributed by atoms with E-state index in [-0.39, 0.29) is 17.7 Å². The normalized spacial score (nSPS) is 20.6. The smallest absolute Gasteiger partial charge is 0.391 e. The van der Waals surface area contributed by atoms with Crippen LogP contribution in [0.4, 0.5) is 9.18 Å². The van der Waals surface area contributed by atoms with Crippen molar-refractivity contribution in [2.24, 2.45) is 0 Å². The second-order valence-electron chi connectivity index (χ2n) is 8.49. The van der Waals surface area contributed by atoms with Crippen LogP contribution in [0.5, 0.6) is 5.88 Å². The number of rotatable bonds is 4. The lowest BCUT2D eigenvalue weighted by Crippen LogP contribution is -2.41. The number of amides is 1. The molecule has 0 bridgehead atoms. The Kier molecular flexibility index (Phi) is 7.07. The minimum atomic E-state index is -0.662. The molecule has 2 N–H and O–H groups in total. The van der Waals surface area contributed by atoms with Crippen LogP contribution < -0.4 is 10.1 Å². The van der Waals surface area contributed by atoms with Crippen molar-refractivity contribution < 1.29 is 19.0 Å². The van der Waals surface area contributed by atoms with Crippen LogP contribution in [-0.2, 0) is 5.75 Å². The van der Waals surface area contributed by atoms with Gasteiger partial charge in [-0.15, -0.1) is 5.10 Å². The van der Waals surface area contributed by atoms with Crippen molar-refractivity contribution in [1.82, 2.24) is 15.1 Å². The van der Waals surface area contributed by atoms with Crippen molar-refractivity contribution in [3.05, 3.63) is 75.1 Å². The highest BCUT2D eigenvalue weighted by Gasteiger charge is 2.31. The minimum Gasteiger partial charge on any atom is -0.391 e. The summed E-state index contributed by atoms with van der Waals surface area (Å²) in [6.45, 7) is 0. The monoisotopic (exact) mass is 533 g/mol. The Morgan fingerprint density at radius 1 is 1.20 bits per heavy atom. The van der Waals surface area contributed by atoms with Crippen molar-refractivity contribution >= 4 is 52.7 Å². The van der Waals surface area contributed by atoms with Crippen LogP contribution in [-0.4, -0.2) is 38.9 Å². The second-order valence-corrected chi connectivity index (χ2v) is 10.3. The zero-order valence-corrected chi connectivity index (χ0v) is 20.8. The molecule has 1 fully saturated rings. The number of thioether (sulfide) groups is 1. The number of nitrogens with one attached hydrogen (secondary N) is 1. The number of carbonyl (C=O) groups is 1. The average molecular weight is 534 g/mol. The highest BCUT2D eigenvalue weighted by atomic mass is 35.5. The van der Waals surface area contributed by atoms with E-state index in [0.29, 0.717) is 40.1 Å². The number of hydrogen-bond acceptors (Lipinski definition) is 5. The van der Waals surface area contributed by atoms with E-state index in [1.54, 1.807) is 46.8 Å². The molecule has 2 atom stereocenters. The summed E-state index contributed by atoms with van der Waals surface area (Å²) in [6, 6.07) is 11.0. The molecule has 0 radical (unpaired) electrons. The number of nitrogens with zero attached hydrogens (tertiary/aromatic N) is 2. The van der Waals surface area contributed by atoms with E-state index in [2.05, 4.69) is 10.4 Å². The summed E-state index contributed by atoms with van der Waals surface area (Å²) in [5, 5.41) is 18.3. The van der Waals surface area contributed by atoms with Gasteiger partial charge in [0.15, 0.2) is 0 Å². The number of carbonyl (C=O) groups excluding carboxylic acids is 1. The molecule has 5 rings (SSSR count). The fourth-order valence-electron chi connectivity index (χ4n) is 4.38. The van der Waals surface area contributed by atoms with Crippen LogP contribution in [0, 0.1) is 5.82 Å². The van der Waals surface area contributed by atoms with Crippen LogP contribution in [0.3, 0.4) is 0 Å². The lowest BCUT2D eigenvalue weighted by atomic mass is 10.1. The molecular weight excluding hydrogens is 512 g/mol. The van der Waals surface area contributed by atoms with Gasteiger partial charge in [-0.05, 0) is 66.8 Å². The van der Waals surface area contributed by atoms with Crippen LogP contribution in [0.25, 0.3) is 17.3 Å². The molecule has 35 heavy (non-hydrogen) atoms. The maximum atomic E-state index is 13.4. The van der Waals surface area contributed by atoms with E-state index in [1.165, 1.54) is 12.1 Å². The highest BCUT2D eigenvalue weighted by Crippen LogP contribution is 2.41. The Morgan fingerprint density at radius 2 is 2.00 bits per heavy atom. The molecule has 2 aliphatic rings. The summed E-state index contributed by atoms with van der Waals surface area (Å²) in [7, 11) is 0. The Bertz CT molecular complexity index is 1300. The molecule has 1 saturated carbocycles. The molecule has 0 saturated heterocycles. The van der Waals surface area contributed by atoms with E-state index in [9.17, 15) is 14.3 Å². The van der Waals surface area contributed by atoms with E-state index in [4.69, 9.17) is 27.9 Å². The molecule has 6 nitrogen and oxygen atoms in total. The maximum absolute atomic E-state index is 13.4. The highest BCUT2D eigenvalue weighted by molar-refractivity contribution is 7.99. The molecule has 182 valence electrons. The van der Waals surface area contributed by atoms with Crippen LogP contribution >= 0.6 is 35.0 Å². The Morgan fingerprint density at radius 3 is 2.71 bits per heavy atom. The van der Waals surface area contributed by atoms with E-state index < -0.39 is 12.2 Å². The summed E-state index contributed by atoms with van der Waals surface area (Å²) in [5.74, 6) is 1.13. The third-order valence-corrected chi connectivity index (χ3v) is 7.62. The van der Waals surface area contributed by atoms with Gasteiger partial charge in [-0.2, -0.15) is 11.8 Å². The summed E-state index contributed by atoms with van der Waals surface area (Å²) in [6.07, 6.45) is 2.92. The molecule has 10 heteroatoms. The van der Waals surface area contributed by atoms with Gasteiger partial charge in [0.25, 0.3) is 0 Å². The van der Waals surface area contributed by atoms with E-state index >= 15 is 0 Å². The SMILES string of the molecule is O=C(N[C@@H]1CCC[C@H]1O)Oc1nn(-c2ccc(Cl)cc2Cl)c2c1CSC/C2=C\c1ccc(F)cc1. The number of aromatic nitrogens is 2. The van der Waals surface area contributed by atoms with Gasteiger partial charge >= 0.3 is 6.09 Å². The Balaban J connectivity index is 1.56. The first-order valence-electron chi connectivity index (χ1n) is 11.2. The van der Waals surface area contributed by atoms with Gasteiger partial charge in [0, 0.05) is 16.5 Å². The summed E-state index contributed by atoms with van der Waals surface area (Å²) >= 11 is 14.3. The first-order chi connectivity index (χ1) is 16.9. The minimum absolute atomic E-state index is 0.174. The summed E-state index contributed by atoms with van der Waals surface area (Å²) in [5.41, 5.74) is 3.87. The van der Waals surface area contributed by atoms with Crippen molar-refractivity contribution in [3.8, 4) is 11.6 Å². The van der Waals surface area contributed by atoms with Crippen molar-refractivity contribution in [3.63, 3.8) is 0 Å². The van der Waals surface area contributed by atoms with Crippen LogP contribution in [0.2, 0.25) is 10.0 Å². The number of hydrogen-bond donors (Lipinski definition) is 2. The standard InChI is InChI=1S/C25H22Cl2FN3O3S/c26-16-6-9-21(19(27)11-16)31-23-15(10-14-4-7-17(28)8-5-14)12-35-13-18(23)24(30-31)34-25(33)29-20-2-1-3-22(20)32/h4-11,20,22,32H,1-3,12-13H2,(H,29,33)/b15-10+/t20-,22-/m1/s1. The predicted octanol–water partition coefficient (Wildman–Crippen LogP) is 6.11. The van der Waals surface area contributed by atoms with Gasteiger partial charge in [-0.3, -0.25) is 0 Å². The first-order valence-corrected chi connectivity index (χ1v) is 13.1. The lowest BCUT2D eigenvalue weighted by Gasteiger charge is -2.19. The number of aliphatic hydroxyl groups excluding tert-OH is 1. The number of halogens is 3. The van der Waals surface area contributed by atoms with Crippen molar-refractivity contribution in [2.45, 2.75) is 37.2 Å². The Labute approximate surface area is 216 Å². The van der Waals surface area contributed by atoms with Gasteiger partial charge in [0.2, 0.25) is 5.88 Å². The quantitative estimate of drug-likeness (QED) is 0.423. The average Bonchev–Trinajstić information content (AvgIpc) is 3.39. The van der Waals surface area contributed by atoms with Gasteiger partial charge in [0.05, 0.1) is 34.1 Å². The topological polar surface area (TPSA) is 76.4 Å². The molecule has 0 spiro atoms. The number of ether oxygens (including phenoxy) is 1. The molecule has 0 unspecified atom stereocenters. The Hall–Kier alpha value is -2.52. The number of aliphatic hydroxyl groups is 1. The van der Waals surface area contributed by atoms with Crippen molar-refractivity contribution in [2.75, 3.05) is 5.75 Å². The molecule has 1 amide bonds. The second kappa shape index (κ2) is 10.2. The molecule has 3 aromatic rings. The van der Waals surface area contributed by atoms with Gasteiger partial charge in [-0.1, -0.05) is 35.3 Å². The molecule has 2 heterocycles. The fourth-order valence-corrected chi connectivity index (χ4v) is 5.87. The number of fused-ring (bicyclic) bond motifs is 1. The molecular formula is C25H22Cl2FN3O3S. The first kappa shape index (κ1) is 24.2. The van der Waals surface area contributed by atoms with Crippen LogP contribution in [0.1, 0.15) is 36.1 Å². The van der Waals surface area contributed by atoms with Gasteiger partial charge in [-0.25, -0.2) is 13.9 Å². The largest absolute Gasteiger partial charge is 0.414 e. The van der Waals surface area contributed by atoms with Gasteiger partial charge < -0.3 is 15.2 Å². The fraction of sp³-hybridized carbons (Fsp3) is 0.280. The molecule has 2 aromatic carbocycles. The third-order valence-electron chi connectivity index (χ3n) is 6.08. The van der Waals surface area contributed by atoms with Crippen LogP contribution in [0.15, 0.2) is 42.5 Å². The van der Waals surface area contributed by atoms with Gasteiger partial charge in [0.1, 0.15) is 5.82 Å². The van der Waals surface area contributed by atoms with E-state index in [1.807, 2.05) is 6.08 Å². The van der Waals surface area contributed by atoms with E-state index in [0.717, 1.165) is 28.8 Å². The zero-order valence-electron chi connectivity index (χ0n) is 18.5. The number of benzene rings is 2. The zero-order chi connectivity index (χ0) is 24.5. The summed E-state index contributed by atoms with van der Waals surface area (Å²) < 4.78 is 20.7. The molecule has 1 aliphatic carbocycles. The predicted molar refractivity (Wildman–Crippen MR) is 137 cm³/mol. The lowest BCUT2D eigenvalue weighted by molar-refractivity contribution is 0.139. The third kappa shape index (κ3) is 5.21.